The molecule has 0 radical (unpaired) electrons. The van der Waals surface area contributed by atoms with Gasteiger partial charge in [-0.05, 0) is 42.0 Å². The van der Waals surface area contributed by atoms with Gasteiger partial charge in [0.25, 0.3) is 0 Å². The van der Waals surface area contributed by atoms with Gasteiger partial charge in [0.05, 0.1) is 6.61 Å². The number of ether oxygens (including phenoxy) is 1. The van der Waals surface area contributed by atoms with E-state index < -0.39 is 0 Å². The zero-order chi connectivity index (χ0) is 12.8. The Morgan fingerprint density at radius 3 is 2.56 bits per heavy atom. The predicted molar refractivity (Wildman–Crippen MR) is 70.5 cm³/mol. The monoisotopic (exact) mass is 251 g/mol. The molecular formula is C15H22FNO. The maximum atomic E-state index is 13.3. The molecule has 1 aliphatic carbocycles. The summed E-state index contributed by atoms with van der Waals surface area (Å²) in [5, 5.41) is 0. The zero-order valence-electron chi connectivity index (χ0n) is 10.8. The maximum Gasteiger partial charge on any atom is 0.123 e. The SMILES string of the molecule is NCc1cc(F)cc(COCC2CCCCC2)c1. The van der Waals surface area contributed by atoms with E-state index in [1.165, 1.54) is 44.2 Å². The lowest BCUT2D eigenvalue weighted by atomic mass is 9.90. The molecule has 0 heterocycles. The van der Waals surface area contributed by atoms with Crippen molar-refractivity contribution < 1.29 is 9.13 Å². The number of benzene rings is 1. The summed E-state index contributed by atoms with van der Waals surface area (Å²) in [5.74, 6) is 0.468. The third kappa shape index (κ3) is 4.07. The van der Waals surface area contributed by atoms with Gasteiger partial charge in [-0.25, -0.2) is 4.39 Å². The lowest BCUT2D eigenvalue weighted by Gasteiger charge is -2.21. The van der Waals surface area contributed by atoms with Gasteiger partial charge in [0, 0.05) is 13.2 Å². The summed E-state index contributed by atoms with van der Waals surface area (Å²) in [6.45, 7) is 1.66. The molecule has 0 unspecified atom stereocenters. The number of halogens is 1. The summed E-state index contributed by atoms with van der Waals surface area (Å²) in [5.41, 5.74) is 7.23. The fourth-order valence-corrected chi connectivity index (χ4v) is 2.62. The van der Waals surface area contributed by atoms with Crippen molar-refractivity contribution in [3.05, 3.63) is 35.1 Å². The summed E-state index contributed by atoms with van der Waals surface area (Å²) in [4.78, 5) is 0. The molecule has 0 bridgehead atoms. The second-order valence-electron chi connectivity index (χ2n) is 5.19. The highest BCUT2D eigenvalue weighted by molar-refractivity contribution is 5.24. The third-order valence-electron chi connectivity index (χ3n) is 3.60. The lowest BCUT2D eigenvalue weighted by Crippen LogP contribution is -2.13. The summed E-state index contributed by atoms with van der Waals surface area (Å²) < 4.78 is 19.0. The smallest absolute Gasteiger partial charge is 0.123 e. The molecule has 0 saturated heterocycles. The Morgan fingerprint density at radius 1 is 1.11 bits per heavy atom. The van der Waals surface area contributed by atoms with E-state index in [1.54, 1.807) is 0 Å². The zero-order valence-corrected chi connectivity index (χ0v) is 10.8. The minimum Gasteiger partial charge on any atom is -0.376 e. The minimum absolute atomic E-state index is 0.228. The number of rotatable bonds is 5. The van der Waals surface area contributed by atoms with Crippen LogP contribution in [0.3, 0.4) is 0 Å². The molecule has 2 N–H and O–H groups in total. The van der Waals surface area contributed by atoms with Crippen molar-refractivity contribution >= 4 is 0 Å². The van der Waals surface area contributed by atoms with Gasteiger partial charge in [0.1, 0.15) is 5.82 Å². The van der Waals surface area contributed by atoms with Gasteiger partial charge in [-0.15, -0.1) is 0 Å². The van der Waals surface area contributed by atoms with E-state index in [9.17, 15) is 4.39 Å². The first kappa shape index (κ1) is 13.5. The molecule has 1 fully saturated rings. The molecule has 0 aliphatic heterocycles. The lowest BCUT2D eigenvalue weighted by molar-refractivity contribution is 0.0737. The maximum absolute atomic E-state index is 13.3. The summed E-state index contributed by atoms with van der Waals surface area (Å²) >= 11 is 0. The van der Waals surface area contributed by atoms with Crippen molar-refractivity contribution in [2.45, 2.75) is 45.3 Å². The van der Waals surface area contributed by atoms with E-state index in [0.717, 1.165) is 17.7 Å². The predicted octanol–water partition coefficient (Wildman–Crippen LogP) is 3.38. The highest BCUT2D eigenvalue weighted by Gasteiger charge is 2.13. The fraction of sp³-hybridized carbons (Fsp3) is 0.600. The van der Waals surface area contributed by atoms with Crippen molar-refractivity contribution in [3.63, 3.8) is 0 Å². The van der Waals surface area contributed by atoms with Crippen LogP contribution in [0.1, 0.15) is 43.2 Å². The van der Waals surface area contributed by atoms with Crippen LogP contribution >= 0.6 is 0 Å². The number of hydrogen-bond donors (Lipinski definition) is 1. The van der Waals surface area contributed by atoms with E-state index >= 15 is 0 Å². The molecule has 0 amide bonds. The highest BCUT2D eigenvalue weighted by atomic mass is 19.1. The molecule has 0 aromatic heterocycles. The molecule has 18 heavy (non-hydrogen) atoms. The first-order valence-corrected chi connectivity index (χ1v) is 6.84. The van der Waals surface area contributed by atoms with Crippen LogP contribution in [0.5, 0.6) is 0 Å². The van der Waals surface area contributed by atoms with Crippen LogP contribution in [-0.4, -0.2) is 6.61 Å². The Labute approximate surface area is 108 Å². The molecule has 0 atom stereocenters. The van der Waals surface area contributed by atoms with Gasteiger partial charge in [0.15, 0.2) is 0 Å². The molecule has 2 nitrogen and oxygen atoms in total. The van der Waals surface area contributed by atoms with E-state index in [0.29, 0.717) is 19.1 Å². The standard InChI is InChI=1S/C15H22FNO/c16-15-7-13(9-17)6-14(8-15)11-18-10-12-4-2-1-3-5-12/h6-8,12H,1-5,9-11,17H2. The Balaban J connectivity index is 1.80. The number of nitrogens with two attached hydrogens (primary N) is 1. The molecule has 1 aromatic carbocycles. The van der Waals surface area contributed by atoms with Gasteiger partial charge in [-0.1, -0.05) is 25.3 Å². The van der Waals surface area contributed by atoms with Crippen LogP contribution in [0, 0.1) is 11.7 Å². The molecule has 100 valence electrons. The van der Waals surface area contributed by atoms with Gasteiger partial charge in [-0.2, -0.15) is 0 Å². The van der Waals surface area contributed by atoms with Gasteiger partial charge < -0.3 is 10.5 Å². The van der Waals surface area contributed by atoms with Crippen LogP contribution in [-0.2, 0) is 17.9 Å². The third-order valence-corrected chi connectivity index (χ3v) is 3.60. The molecule has 1 aliphatic rings. The summed E-state index contributed by atoms with van der Waals surface area (Å²) in [6, 6.07) is 4.93. The van der Waals surface area contributed by atoms with E-state index in [4.69, 9.17) is 10.5 Å². The first-order chi connectivity index (χ1) is 8.78. The summed E-state index contributed by atoms with van der Waals surface area (Å²) in [7, 11) is 0. The highest BCUT2D eigenvalue weighted by Crippen LogP contribution is 2.24. The van der Waals surface area contributed by atoms with Crippen molar-refractivity contribution in [1.29, 1.82) is 0 Å². The van der Waals surface area contributed by atoms with Crippen LogP contribution in [0.4, 0.5) is 4.39 Å². The average Bonchev–Trinajstić information content (AvgIpc) is 2.39. The van der Waals surface area contributed by atoms with Gasteiger partial charge >= 0.3 is 0 Å². The van der Waals surface area contributed by atoms with Crippen molar-refractivity contribution in [1.82, 2.24) is 0 Å². The second kappa shape index (κ2) is 6.86. The number of hydrogen-bond acceptors (Lipinski definition) is 2. The first-order valence-electron chi connectivity index (χ1n) is 6.84. The Kier molecular flexibility index (Phi) is 5.14. The molecule has 1 aromatic rings. The Hall–Kier alpha value is -0.930. The molecule has 0 spiro atoms. The summed E-state index contributed by atoms with van der Waals surface area (Å²) in [6.07, 6.45) is 6.56. The van der Waals surface area contributed by atoms with Crippen LogP contribution in [0.15, 0.2) is 18.2 Å². The largest absolute Gasteiger partial charge is 0.376 e. The molecular weight excluding hydrogens is 229 g/mol. The van der Waals surface area contributed by atoms with Crippen LogP contribution in [0.2, 0.25) is 0 Å². The van der Waals surface area contributed by atoms with E-state index in [2.05, 4.69) is 0 Å². The van der Waals surface area contributed by atoms with Crippen molar-refractivity contribution in [2.75, 3.05) is 6.61 Å². The van der Waals surface area contributed by atoms with Gasteiger partial charge in [-0.3, -0.25) is 0 Å². The van der Waals surface area contributed by atoms with Crippen molar-refractivity contribution in [3.8, 4) is 0 Å². The molecule has 1 saturated carbocycles. The Bertz CT molecular complexity index is 375. The molecule has 2 rings (SSSR count). The van der Waals surface area contributed by atoms with Crippen molar-refractivity contribution in [2.24, 2.45) is 11.7 Å². The average molecular weight is 251 g/mol. The fourth-order valence-electron chi connectivity index (χ4n) is 2.62. The van der Waals surface area contributed by atoms with Crippen LogP contribution < -0.4 is 5.73 Å². The molecule has 3 heteroatoms. The topological polar surface area (TPSA) is 35.2 Å². The Morgan fingerprint density at radius 2 is 1.83 bits per heavy atom. The van der Waals surface area contributed by atoms with E-state index in [-0.39, 0.29) is 5.82 Å². The minimum atomic E-state index is -0.228. The quantitative estimate of drug-likeness (QED) is 0.870. The second-order valence-corrected chi connectivity index (χ2v) is 5.19. The normalized spacial score (nSPS) is 17.0. The van der Waals surface area contributed by atoms with Gasteiger partial charge in [0.2, 0.25) is 0 Å². The van der Waals surface area contributed by atoms with Crippen LogP contribution in [0.25, 0.3) is 0 Å². The van der Waals surface area contributed by atoms with E-state index in [1.807, 2.05) is 6.07 Å².